The molecule has 0 aromatic heterocycles. The Kier molecular flexibility index (Phi) is 5.70. The first kappa shape index (κ1) is 16.2. The molecule has 0 aromatic rings. The van der Waals surface area contributed by atoms with Crippen LogP contribution in [-0.4, -0.2) is 19.5 Å². The van der Waals surface area contributed by atoms with E-state index in [0.717, 1.165) is 37.9 Å². The second-order valence-corrected chi connectivity index (χ2v) is 7.18. The first-order valence-electron chi connectivity index (χ1n) is 8.96. The predicted octanol–water partition coefficient (Wildman–Crippen LogP) is 5.01. The lowest BCUT2D eigenvalue weighted by Gasteiger charge is -2.39. The van der Waals surface area contributed by atoms with Crippen molar-refractivity contribution in [3.63, 3.8) is 0 Å². The molecule has 0 N–H and O–H groups in total. The highest BCUT2D eigenvalue weighted by atomic mass is 19.1. The Morgan fingerprint density at radius 1 is 1.00 bits per heavy atom. The summed E-state index contributed by atoms with van der Waals surface area (Å²) in [4.78, 5) is 0. The summed E-state index contributed by atoms with van der Waals surface area (Å²) in [6.07, 6.45) is 13.5. The number of rotatable bonds is 3. The van der Waals surface area contributed by atoms with Crippen molar-refractivity contribution in [2.45, 2.75) is 58.2 Å². The van der Waals surface area contributed by atoms with Gasteiger partial charge in [0.1, 0.15) is 0 Å². The highest BCUT2D eigenvalue weighted by molar-refractivity contribution is 4.98. The average molecular weight is 308 g/mol. The molecular formula is C19H29FO2. The van der Waals surface area contributed by atoms with Crippen LogP contribution in [0.25, 0.3) is 0 Å². The quantitative estimate of drug-likeness (QED) is 0.682. The topological polar surface area (TPSA) is 18.5 Å². The molecule has 3 aliphatic rings. The van der Waals surface area contributed by atoms with Gasteiger partial charge in [-0.3, -0.25) is 0 Å². The van der Waals surface area contributed by atoms with Crippen molar-refractivity contribution in [1.82, 2.24) is 0 Å². The van der Waals surface area contributed by atoms with Crippen LogP contribution in [-0.2, 0) is 9.47 Å². The highest BCUT2D eigenvalue weighted by Gasteiger charge is 2.34. The molecule has 0 radical (unpaired) electrons. The summed E-state index contributed by atoms with van der Waals surface area (Å²) in [5.41, 5.74) is 0. The third kappa shape index (κ3) is 3.99. The van der Waals surface area contributed by atoms with Gasteiger partial charge in [-0.1, -0.05) is 18.2 Å². The molecule has 1 saturated carbocycles. The minimum Gasteiger partial charge on any atom is -0.352 e. The second-order valence-electron chi connectivity index (χ2n) is 7.18. The lowest BCUT2D eigenvalue weighted by atomic mass is 9.76. The maximum absolute atomic E-state index is 13.1. The Morgan fingerprint density at radius 3 is 2.32 bits per heavy atom. The minimum atomic E-state index is -0.111. The molecule has 2 aliphatic carbocycles. The molecule has 1 unspecified atom stereocenters. The van der Waals surface area contributed by atoms with Gasteiger partial charge in [-0.15, -0.1) is 0 Å². The number of allylic oxidation sites excluding steroid dienone is 4. The molecule has 1 atom stereocenters. The fraction of sp³-hybridized carbons (Fsp3) is 0.789. The molecule has 3 heteroatoms. The van der Waals surface area contributed by atoms with Gasteiger partial charge >= 0.3 is 0 Å². The lowest BCUT2D eigenvalue weighted by molar-refractivity contribution is -0.233. The summed E-state index contributed by atoms with van der Waals surface area (Å²) in [6, 6.07) is 0. The van der Waals surface area contributed by atoms with E-state index in [0.29, 0.717) is 18.3 Å². The summed E-state index contributed by atoms with van der Waals surface area (Å²) >= 11 is 0. The Morgan fingerprint density at radius 2 is 1.73 bits per heavy atom. The molecule has 0 amide bonds. The average Bonchev–Trinajstić information content (AvgIpc) is 2.57. The van der Waals surface area contributed by atoms with E-state index in [-0.39, 0.29) is 12.1 Å². The number of hydrogen-bond donors (Lipinski definition) is 0. The molecule has 0 spiro atoms. The molecule has 0 bridgehead atoms. The van der Waals surface area contributed by atoms with Crippen LogP contribution in [0.3, 0.4) is 0 Å². The summed E-state index contributed by atoms with van der Waals surface area (Å²) in [5.74, 6) is 2.46. The Labute approximate surface area is 133 Å². The van der Waals surface area contributed by atoms with E-state index in [2.05, 4.69) is 19.1 Å². The molecule has 1 saturated heterocycles. The van der Waals surface area contributed by atoms with Gasteiger partial charge in [0.15, 0.2) is 6.29 Å². The van der Waals surface area contributed by atoms with Crippen molar-refractivity contribution >= 4 is 0 Å². The highest BCUT2D eigenvalue weighted by Crippen LogP contribution is 2.37. The second kappa shape index (κ2) is 7.74. The van der Waals surface area contributed by atoms with Gasteiger partial charge in [-0.05, 0) is 63.7 Å². The van der Waals surface area contributed by atoms with E-state index in [1.165, 1.54) is 25.7 Å². The number of halogens is 1. The van der Waals surface area contributed by atoms with Crippen LogP contribution in [0.2, 0.25) is 0 Å². The van der Waals surface area contributed by atoms with Gasteiger partial charge in [-0.25, -0.2) is 4.39 Å². The van der Waals surface area contributed by atoms with E-state index < -0.39 is 0 Å². The predicted molar refractivity (Wildman–Crippen MR) is 86.0 cm³/mol. The first-order valence-corrected chi connectivity index (χ1v) is 8.96. The summed E-state index contributed by atoms with van der Waals surface area (Å²) in [6.45, 7) is 3.76. The molecule has 124 valence electrons. The largest absolute Gasteiger partial charge is 0.352 e. The molecule has 1 aliphatic heterocycles. The van der Waals surface area contributed by atoms with Gasteiger partial charge in [0.2, 0.25) is 0 Å². The third-order valence-electron chi connectivity index (χ3n) is 5.68. The van der Waals surface area contributed by atoms with E-state index in [4.69, 9.17) is 9.47 Å². The van der Waals surface area contributed by atoms with Crippen molar-refractivity contribution in [2.75, 3.05) is 13.2 Å². The molecule has 22 heavy (non-hydrogen) atoms. The smallest absolute Gasteiger partial charge is 0.160 e. The fourth-order valence-corrected chi connectivity index (χ4v) is 4.23. The van der Waals surface area contributed by atoms with Gasteiger partial charge < -0.3 is 9.47 Å². The SMILES string of the molecule is C/C=C/[C@H]1CC[C@H]([C@H]2CO[C@H](C3CC=C(F)CC3)OC2)CC1. The van der Waals surface area contributed by atoms with Crippen LogP contribution in [0.4, 0.5) is 4.39 Å². The van der Waals surface area contributed by atoms with E-state index in [1.54, 1.807) is 6.08 Å². The molecule has 2 fully saturated rings. The van der Waals surface area contributed by atoms with Crippen LogP contribution in [0.5, 0.6) is 0 Å². The summed E-state index contributed by atoms with van der Waals surface area (Å²) in [5, 5.41) is 0. The molecular weight excluding hydrogens is 279 g/mol. The van der Waals surface area contributed by atoms with Crippen molar-refractivity contribution in [2.24, 2.45) is 23.7 Å². The molecule has 2 nitrogen and oxygen atoms in total. The van der Waals surface area contributed by atoms with Gasteiger partial charge in [0.25, 0.3) is 0 Å². The zero-order chi connectivity index (χ0) is 15.4. The Hall–Kier alpha value is -0.670. The zero-order valence-electron chi connectivity index (χ0n) is 13.7. The van der Waals surface area contributed by atoms with E-state index in [1.807, 2.05) is 0 Å². The zero-order valence-corrected chi connectivity index (χ0v) is 13.7. The van der Waals surface area contributed by atoms with Crippen LogP contribution in [0.15, 0.2) is 24.1 Å². The van der Waals surface area contributed by atoms with Crippen LogP contribution >= 0.6 is 0 Å². The summed E-state index contributed by atoms with van der Waals surface area (Å²) in [7, 11) is 0. The van der Waals surface area contributed by atoms with E-state index in [9.17, 15) is 4.39 Å². The van der Waals surface area contributed by atoms with Gasteiger partial charge in [0.05, 0.1) is 19.0 Å². The number of ether oxygens (including phenoxy) is 2. The summed E-state index contributed by atoms with van der Waals surface area (Å²) < 4.78 is 25.1. The van der Waals surface area contributed by atoms with Crippen LogP contribution in [0.1, 0.15) is 51.9 Å². The normalized spacial score (nSPS) is 40.6. The van der Waals surface area contributed by atoms with Crippen LogP contribution in [0, 0.1) is 23.7 Å². The van der Waals surface area contributed by atoms with Crippen molar-refractivity contribution in [3.8, 4) is 0 Å². The molecule has 3 rings (SSSR count). The van der Waals surface area contributed by atoms with E-state index >= 15 is 0 Å². The Bertz CT molecular complexity index is 402. The fourth-order valence-electron chi connectivity index (χ4n) is 4.23. The standard InChI is InChI=1S/C19H29FO2/c1-2-3-14-4-6-15(7-5-14)17-12-21-19(22-13-17)16-8-10-18(20)11-9-16/h2-3,10,14-17,19H,4-9,11-13H2,1H3/b3-2+/t14-,15-,16?,17-,19-. The maximum Gasteiger partial charge on any atom is 0.160 e. The van der Waals surface area contributed by atoms with Crippen molar-refractivity contribution < 1.29 is 13.9 Å². The van der Waals surface area contributed by atoms with Crippen molar-refractivity contribution in [1.29, 1.82) is 0 Å². The maximum atomic E-state index is 13.1. The number of hydrogen-bond acceptors (Lipinski definition) is 2. The molecule has 1 heterocycles. The Balaban J connectivity index is 1.42. The third-order valence-corrected chi connectivity index (χ3v) is 5.68. The van der Waals surface area contributed by atoms with Gasteiger partial charge in [0, 0.05) is 11.8 Å². The lowest BCUT2D eigenvalue weighted by Crippen LogP contribution is -2.40. The van der Waals surface area contributed by atoms with Gasteiger partial charge in [-0.2, -0.15) is 0 Å². The minimum absolute atomic E-state index is 0.0304. The monoisotopic (exact) mass is 308 g/mol. The van der Waals surface area contributed by atoms with Crippen LogP contribution < -0.4 is 0 Å². The van der Waals surface area contributed by atoms with Crippen molar-refractivity contribution in [3.05, 3.63) is 24.1 Å². The molecule has 0 aromatic carbocycles. The first-order chi connectivity index (χ1) is 10.8.